The van der Waals surface area contributed by atoms with Crippen LogP contribution in [0.25, 0.3) is 11.0 Å². The van der Waals surface area contributed by atoms with E-state index in [0.717, 1.165) is 11.0 Å². The van der Waals surface area contributed by atoms with Crippen LogP contribution in [0.4, 0.5) is 4.79 Å². The van der Waals surface area contributed by atoms with Gasteiger partial charge in [-0.3, -0.25) is 0 Å². The zero-order valence-corrected chi connectivity index (χ0v) is 7.57. The number of para-hydroxylation sites is 2. The molecule has 0 saturated heterocycles. The highest BCUT2D eigenvalue weighted by Crippen LogP contribution is 2.14. The Morgan fingerprint density at radius 2 is 2.29 bits per heavy atom. The van der Waals surface area contributed by atoms with Crippen molar-refractivity contribution in [1.29, 1.82) is 0 Å². The first-order chi connectivity index (χ1) is 6.79. The lowest BCUT2D eigenvalue weighted by Crippen LogP contribution is -2.22. The molecule has 5 nitrogen and oxygen atoms in total. The molecule has 1 amide bonds. The minimum atomic E-state index is -0.538. The van der Waals surface area contributed by atoms with Crippen molar-refractivity contribution in [3.8, 4) is 6.01 Å². The number of imidazole rings is 1. The van der Waals surface area contributed by atoms with Crippen LogP contribution >= 0.6 is 0 Å². The quantitative estimate of drug-likeness (QED) is 0.713. The van der Waals surface area contributed by atoms with Crippen LogP contribution < -0.4 is 10.1 Å². The Balaban J connectivity index is 2.31. The number of carbonyl (C=O) groups is 1. The van der Waals surface area contributed by atoms with Crippen LogP contribution in [0.5, 0.6) is 6.01 Å². The second kappa shape index (κ2) is 3.37. The second-order valence-electron chi connectivity index (χ2n) is 2.70. The second-order valence-corrected chi connectivity index (χ2v) is 2.70. The molecule has 1 aromatic carbocycles. The van der Waals surface area contributed by atoms with E-state index in [1.807, 2.05) is 24.3 Å². The summed E-state index contributed by atoms with van der Waals surface area (Å²) in [6, 6.07) is 7.64. The van der Waals surface area contributed by atoms with Crippen LogP contribution in [-0.2, 0) is 0 Å². The third-order valence-electron chi connectivity index (χ3n) is 1.76. The van der Waals surface area contributed by atoms with E-state index in [-0.39, 0.29) is 6.01 Å². The van der Waals surface area contributed by atoms with E-state index in [9.17, 15) is 4.79 Å². The molecule has 2 aromatic rings. The van der Waals surface area contributed by atoms with E-state index in [4.69, 9.17) is 4.74 Å². The first-order valence-corrected chi connectivity index (χ1v) is 4.14. The van der Waals surface area contributed by atoms with Crippen molar-refractivity contribution in [2.24, 2.45) is 0 Å². The highest BCUT2D eigenvalue weighted by atomic mass is 16.6. The highest BCUT2D eigenvalue weighted by Gasteiger charge is 2.06. The number of aromatic nitrogens is 2. The van der Waals surface area contributed by atoms with E-state index in [1.165, 1.54) is 7.05 Å². The first-order valence-electron chi connectivity index (χ1n) is 4.14. The number of hydrogen-bond donors (Lipinski definition) is 2. The molecule has 0 atom stereocenters. The summed E-state index contributed by atoms with van der Waals surface area (Å²) in [5.41, 5.74) is 1.61. The maximum Gasteiger partial charge on any atom is 0.414 e. The molecule has 2 N–H and O–H groups in total. The molecule has 72 valence electrons. The monoisotopic (exact) mass is 191 g/mol. The van der Waals surface area contributed by atoms with Crippen LogP contribution in [-0.4, -0.2) is 23.1 Å². The van der Waals surface area contributed by atoms with Crippen LogP contribution in [0.1, 0.15) is 0 Å². The molecule has 0 aliphatic heterocycles. The van der Waals surface area contributed by atoms with E-state index >= 15 is 0 Å². The minimum Gasteiger partial charge on any atom is -0.375 e. The van der Waals surface area contributed by atoms with Crippen molar-refractivity contribution < 1.29 is 9.53 Å². The molecule has 5 heteroatoms. The average Bonchev–Trinajstić information content (AvgIpc) is 2.59. The molecule has 14 heavy (non-hydrogen) atoms. The van der Waals surface area contributed by atoms with Gasteiger partial charge in [-0.2, -0.15) is 4.98 Å². The van der Waals surface area contributed by atoms with Crippen molar-refractivity contribution in [3.63, 3.8) is 0 Å². The lowest BCUT2D eigenvalue weighted by atomic mass is 10.3. The Labute approximate surface area is 80.1 Å². The summed E-state index contributed by atoms with van der Waals surface area (Å²) >= 11 is 0. The summed E-state index contributed by atoms with van der Waals surface area (Å²) in [7, 11) is 1.49. The summed E-state index contributed by atoms with van der Waals surface area (Å²) in [6.07, 6.45) is -0.538. The summed E-state index contributed by atoms with van der Waals surface area (Å²) in [4.78, 5) is 17.8. The van der Waals surface area contributed by atoms with Crippen molar-refractivity contribution in [2.75, 3.05) is 7.05 Å². The number of aromatic amines is 1. The number of carbonyl (C=O) groups excluding carboxylic acids is 1. The van der Waals surface area contributed by atoms with Crippen LogP contribution in [0.2, 0.25) is 0 Å². The third-order valence-corrected chi connectivity index (χ3v) is 1.76. The Morgan fingerprint density at radius 3 is 3.00 bits per heavy atom. The van der Waals surface area contributed by atoms with E-state index in [0.29, 0.717) is 0 Å². The number of nitrogens with one attached hydrogen (secondary N) is 2. The van der Waals surface area contributed by atoms with Gasteiger partial charge in [-0.25, -0.2) is 4.79 Å². The highest BCUT2D eigenvalue weighted by molar-refractivity contribution is 5.76. The van der Waals surface area contributed by atoms with Gasteiger partial charge in [0.05, 0.1) is 11.0 Å². The molecule has 0 spiro atoms. The smallest absolute Gasteiger partial charge is 0.375 e. The number of H-pyrrole nitrogens is 1. The Morgan fingerprint density at radius 1 is 1.50 bits per heavy atom. The predicted molar refractivity (Wildman–Crippen MR) is 51.2 cm³/mol. The summed E-state index contributed by atoms with van der Waals surface area (Å²) in [6.45, 7) is 0. The minimum absolute atomic E-state index is 0.200. The molecule has 0 aliphatic carbocycles. The Kier molecular flexibility index (Phi) is 2.06. The maximum absolute atomic E-state index is 10.9. The van der Waals surface area contributed by atoms with Gasteiger partial charge in [0.2, 0.25) is 0 Å². The number of hydrogen-bond acceptors (Lipinski definition) is 3. The number of benzene rings is 1. The molecule has 2 rings (SSSR count). The number of fused-ring (bicyclic) bond motifs is 1. The number of ether oxygens (including phenoxy) is 1. The number of amides is 1. The van der Waals surface area contributed by atoms with E-state index < -0.39 is 6.09 Å². The van der Waals surface area contributed by atoms with Gasteiger partial charge in [0.15, 0.2) is 0 Å². The van der Waals surface area contributed by atoms with Gasteiger partial charge in [-0.15, -0.1) is 0 Å². The van der Waals surface area contributed by atoms with E-state index in [2.05, 4.69) is 15.3 Å². The molecule has 0 aliphatic rings. The largest absolute Gasteiger partial charge is 0.414 e. The molecule has 0 saturated carbocycles. The number of rotatable bonds is 1. The fourth-order valence-corrected chi connectivity index (χ4v) is 1.12. The van der Waals surface area contributed by atoms with Crippen molar-refractivity contribution >= 4 is 17.1 Å². The zero-order chi connectivity index (χ0) is 9.97. The van der Waals surface area contributed by atoms with Crippen molar-refractivity contribution in [3.05, 3.63) is 24.3 Å². The Bertz CT molecular complexity index is 431. The van der Waals surface area contributed by atoms with Crippen molar-refractivity contribution in [2.45, 2.75) is 0 Å². The SMILES string of the molecule is CNC(=O)Oc1nc2ccccc2[nH]1. The van der Waals surface area contributed by atoms with Gasteiger partial charge in [-0.05, 0) is 12.1 Å². The van der Waals surface area contributed by atoms with Gasteiger partial charge >= 0.3 is 12.1 Å². The topological polar surface area (TPSA) is 67.0 Å². The fourth-order valence-electron chi connectivity index (χ4n) is 1.12. The van der Waals surface area contributed by atoms with Crippen LogP contribution in [0, 0.1) is 0 Å². The molecule has 0 fully saturated rings. The van der Waals surface area contributed by atoms with Gasteiger partial charge < -0.3 is 15.0 Å². The molecular weight excluding hydrogens is 182 g/mol. The van der Waals surface area contributed by atoms with E-state index in [1.54, 1.807) is 0 Å². The first kappa shape index (κ1) is 8.55. The van der Waals surface area contributed by atoms with Crippen LogP contribution in [0.3, 0.4) is 0 Å². The molecule has 1 aromatic heterocycles. The van der Waals surface area contributed by atoms with Crippen LogP contribution in [0.15, 0.2) is 24.3 Å². The summed E-state index contributed by atoms with van der Waals surface area (Å²) in [5.74, 6) is 0. The van der Waals surface area contributed by atoms with Gasteiger partial charge in [0, 0.05) is 7.05 Å². The normalized spacial score (nSPS) is 10.1. The maximum atomic E-state index is 10.9. The fraction of sp³-hybridized carbons (Fsp3) is 0.111. The summed E-state index contributed by atoms with van der Waals surface area (Å²) < 4.78 is 4.83. The van der Waals surface area contributed by atoms with Crippen molar-refractivity contribution in [1.82, 2.24) is 15.3 Å². The number of nitrogens with zero attached hydrogens (tertiary/aromatic N) is 1. The van der Waals surface area contributed by atoms with Gasteiger partial charge in [0.1, 0.15) is 0 Å². The average molecular weight is 191 g/mol. The predicted octanol–water partition coefficient (Wildman–Crippen LogP) is 1.28. The molecule has 0 unspecified atom stereocenters. The zero-order valence-electron chi connectivity index (χ0n) is 7.57. The molecular formula is C9H9N3O2. The Hall–Kier alpha value is -2.04. The third kappa shape index (κ3) is 1.52. The van der Waals surface area contributed by atoms with Gasteiger partial charge in [0.25, 0.3) is 0 Å². The lowest BCUT2D eigenvalue weighted by Gasteiger charge is -1.96. The summed E-state index contributed by atoms with van der Waals surface area (Å²) in [5, 5.41) is 2.34. The molecule has 0 bridgehead atoms. The lowest BCUT2D eigenvalue weighted by molar-refractivity contribution is 0.199. The van der Waals surface area contributed by atoms with Gasteiger partial charge in [-0.1, -0.05) is 12.1 Å². The molecule has 1 heterocycles. The molecule has 0 radical (unpaired) electrons. The standard InChI is InChI=1S/C9H9N3O2/c1-10-9(13)14-8-11-6-4-2-3-5-7(6)12-8/h2-5H,1H3,(H,10,13)(H,11,12).